The van der Waals surface area contributed by atoms with E-state index >= 15 is 0 Å². The van der Waals surface area contributed by atoms with Crippen molar-refractivity contribution in [3.05, 3.63) is 34.6 Å². The second-order valence-electron chi connectivity index (χ2n) is 3.10. The SMILES string of the molecule is CCc1cc(C)cc(CC)c1F. The Labute approximate surface area is 73.4 Å². The Kier molecular flexibility index (Phi) is 2.85. The molecule has 0 fully saturated rings. The lowest BCUT2D eigenvalue weighted by atomic mass is 10.0. The van der Waals surface area contributed by atoms with Gasteiger partial charge in [0, 0.05) is 0 Å². The molecule has 0 aromatic heterocycles. The fraction of sp³-hybridized carbons (Fsp3) is 0.455. The third-order valence-electron chi connectivity index (χ3n) is 2.13. The third-order valence-corrected chi connectivity index (χ3v) is 2.13. The summed E-state index contributed by atoms with van der Waals surface area (Å²) in [4.78, 5) is 0. The van der Waals surface area contributed by atoms with Gasteiger partial charge in [-0.1, -0.05) is 31.5 Å². The van der Waals surface area contributed by atoms with Crippen molar-refractivity contribution in [3.63, 3.8) is 0 Å². The Morgan fingerprint density at radius 1 is 1.08 bits per heavy atom. The molecule has 0 saturated heterocycles. The van der Waals surface area contributed by atoms with E-state index < -0.39 is 0 Å². The standard InChI is InChI=1S/C11H15F/c1-4-9-6-8(3)7-10(5-2)11(9)12/h6-7H,4-5H2,1-3H3. The van der Waals surface area contributed by atoms with E-state index in [0.717, 1.165) is 29.5 Å². The van der Waals surface area contributed by atoms with Crippen molar-refractivity contribution in [2.75, 3.05) is 0 Å². The molecule has 0 atom stereocenters. The first-order valence-electron chi connectivity index (χ1n) is 4.47. The zero-order chi connectivity index (χ0) is 9.14. The van der Waals surface area contributed by atoms with Gasteiger partial charge in [0.2, 0.25) is 0 Å². The summed E-state index contributed by atoms with van der Waals surface area (Å²) in [5.74, 6) is -0.00870. The first-order chi connectivity index (χ1) is 5.69. The maximum absolute atomic E-state index is 13.5. The van der Waals surface area contributed by atoms with Gasteiger partial charge in [0.25, 0.3) is 0 Å². The van der Waals surface area contributed by atoms with Crippen LogP contribution in [0.5, 0.6) is 0 Å². The number of hydrogen-bond acceptors (Lipinski definition) is 0. The summed E-state index contributed by atoms with van der Waals surface area (Å²) in [7, 11) is 0. The van der Waals surface area contributed by atoms with Crippen molar-refractivity contribution in [3.8, 4) is 0 Å². The van der Waals surface area contributed by atoms with Crippen LogP contribution < -0.4 is 0 Å². The van der Waals surface area contributed by atoms with E-state index in [1.165, 1.54) is 0 Å². The summed E-state index contributed by atoms with van der Waals surface area (Å²) in [6, 6.07) is 3.85. The molecule has 0 spiro atoms. The highest BCUT2D eigenvalue weighted by molar-refractivity contribution is 5.31. The van der Waals surface area contributed by atoms with Crippen molar-refractivity contribution < 1.29 is 4.39 Å². The summed E-state index contributed by atoms with van der Waals surface area (Å²) in [6.07, 6.45) is 1.56. The quantitative estimate of drug-likeness (QED) is 0.632. The molecule has 0 aliphatic rings. The molecule has 0 unspecified atom stereocenters. The summed E-state index contributed by atoms with van der Waals surface area (Å²) < 4.78 is 13.5. The lowest BCUT2D eigenvalue weighted by Crippen LogP contribution is -1.95. The van der Waals surface area contributed by atoms with E-state index in [1.54, 1.807) is 0 Å². The van der Waals surface area contributed by atoms with Crippen LogP contribution in [0.2, 0.25) is 0 Å². The third kappa shape index (κ3) is 1.66. The minimum absolute atomic E-state index is 0.00870. The number of aryl methyl sites for hydroxylation is 3. The van der Waals surface area contributed by atoms with Crippen LogP contribution in [-0.4, -0.2) is 0 Å². The Bertz CT molecular complexity index is 251. The molecule has 1 heteroatoms. The van der Waals surface area contributed by atoms with Crippen LogP contribution in [-0.2, 0) is 12.8 Å². The molecule has 0 amide bonds. The first kappa shape index (κ1) is 9.24. The van der Waals surface area contributed by atoms with Crippen molar-refractivity contribution in [1.82, 2.24) is 0 Å². The molecule has 1 aromatic carbocycles. The van der Waals surface area contributed by atoms with Crippen molar-refractivity contribution in [2.24, 2.45) is 0 Å². The molecule has 1 aromatic rings. The Balaban J connectivity index is 3.22. The number of hydrogen-bond donors (Lipinski definition) is 0. The molecular formula is C11H15F. The van der Waals surface area contributed by atoms with E-state index in [-0.39, 0.29) is 5.82 Å². The van der Waals surface area contributed by atoms with Crippen molar-refractivity contribution in [1.29, 1.82) is 0 Å². The number of rotatable bonds is 2. The number of halogens is 1. The molecule has 66 valence electrons. The predicted molar refractivity (Wildman–Crippen MR) is 49.9 cm³/mol. The average Bonchev–Trinajstić information content (AvgIpc) is 2.08. The van der Waals surface area contributed by atoms with Gasteiger partial charge in [0.15, 0.2) is 0 Å². The molecule has 0 aliphatic carbocycles. The van der Waals surface area contributed by atoms with Crippen molar-refractivity contribution in [2.45, 2.75) is 33.6 Å². The zero-order valence-electron chi connectivity index (χ0n) is 7.95. The minimum Gasteiger partial charge on any atom is -0.206 e. The molecule has 12 heavy (non-hydrogen) atoms. The van der Waals surface area contributed by atoms with Gasteiger partial charge in [-0.3, -0.25) is 0 Å². The van der Waals surface area contributed by atoms with Gasteiger partial charge in [-0.2, -0.15) is 0 Å². The minimum atomic E-state index is -0.00870. The lowest BCUT2D eigenvalue weighted by Gasteiger charge is -2.06. The lowest BCUT2D eigenvalue weighted by molar-refractivity contribution is 0.596. The molecule has 0 heterocycles. The maximum atomic E-state index is 13.5. The Hall–Kier alpha value is -0.850. The molecule has 0 nitrogen and oxygen atoms in total. The van der Waals surface area contributed by atoms with E-state index in [0.29, 0.717) is 0 Å². The monoisotopic (exact) mass is 166 g/mol. The van der Waals surface area contributed by atoms with Crippen LogP contribution in [0.1, 0.15) is 30.5 Å². The van der Waals surface area contributed by atoms with Crippen LogP contribution in [0.15, 0.2) is 12.1 Å². The van der Waals surface area contributed by atoms with Gasteiger partial charge in [-0.25, -0.2) is 4.39 Å². The molecular weight excluding hydrogens is 151 g/mol. The maximum Gasteiger partial charge on any atom is 0.129 e. The van der Waals surface area contributed by atoms with Crippen LogP contribution in [0, 0.1) is 12.7 Å². The number of benzene rings is 1. The fourth-order valence-electron chi connectivity index (χ4n) is 1.44. The highest BCUT2D eigenvalue weighted by atomic mass is 19.1. The van der Waals surface area contributed by atoms with Gasteiger partial charge in [-0.05, 0) is 30.9 Å². The largest absolute Gasteiger partial charge is 0.206 e. The molecule has 0 saturated carbocycles. The Morgan fingerprint density at radius 3 is 1.83 bits per heavy atom. The fourth-order valence-corrected chi connectivity index (χ4v) is 1.44. The zero-order valence-corrected chi connectivity index (χ0v) is 7.95. The summed E-state index contributed by atoms with van der Waals surface area (Å²) in [5, 5.41) is 0. The van der Waals surface area contributed by atoms with E-state index in [2.05, 4.69) is 0 Å². The van der Waals surface area contributed by atoms with E-state index in [9.17, 15) is 4.39 Å². The smallest absolute Gasteiger partial charge is 0.129 e. The summed E-state index contributed by atoms with van der Waals surface area (Å²) >= 11 is 0. The van der Waals surface area contributed by atoms with Gasteiger partial charge in [0.1, 0.15) is 5.82 Å². The highest BCUT2D eigenvalue weighted by Crippen LogP contribution is 2.16. The first-order valence-corrected chi connectivity index (χ1v) is 4.47. The molecule has 0 aliphatic heterocycles. The molecule has 1 rings (SSSR count). The van der Waals surface area contributed by atoms with Crippen LogP contribution in [0.25, 0.3) is 0 Å². The van der Waals surface area contributed by atoms with Crippen molar-refractivity contribution >= 4 is 0 Å². The second kappa shape index (κ2) is 3.70. The van der Waals surface area contributed by atoms with Gasteiger partial charge < -0.3 is 0 Å². The van der Waals surface area contributed by atoms with E-state index in [1.807, 2.05) is 32.9 Å². The summed E-state index contributed by atoms with van der Waals surface area (Å²) in [5.41, 5.74) is 2.84. The Morgan fingerprint density at radius 2 is 1.50 bits per heavy atom. The molecule has 0 radical (unpaired) electrons. The van der Waals surface area contributed by atoms with Crippen LogP contribution in [0.4, 0.5) is 4.39 Å². The van der Waals surface area contributed by atoms with Crippen LogP contribution >= 0.6 is 0 Å². The van der Waals surface area contributed by atoms with Gasteiger partial charge in [0.05, 0.1) is 0 Å². The van der Waals surface area contributed by atoms with Gasteiger partial charge >= 0.3 is 0 Å². The predicted octanol–water partition coefficient (Wildman–Crippen LogP) is 3.26. The molecule has 0 N–H and O–H groups in total. The van der Waals surface area contributed by atoms with Gasteiger partial charge in [-0.15, -0.1) is 0 Å². The molecule has 0 bridgehead atoms. The van der Waals surface area contributed by atoms with Crippen LogP contribution in [0.3, 0.4) is 0 Å². The normalized spacial score (nSPS) is 10.3. The average molecular weight is 166 g/mol. The van der Waals surface area contributed by atoms with E-state index in [4.69, 9.17) is 0 Å². The topological polar surface area (TPSA) is 0 Å². The second-order valence-corrected chi connectivity index (χ2v) is 3.10. The summed E-state index contributed by atoms with van der Waals surface area (Å²) in [6.45, 7) is 5.98. The highest BCUT2D eigenvalue weighted by Gasteiger charge is 2.05.